The molecule has 1 N–H and O–H groups in total. The highest BCUT2D eigenvalue weighted by Crippen LogP contribution is 2.30. The summed E-state index contributed by atoms with van der Waals surface area (Å²) in [5, 5.41) is 11.0. The van der Waals surface area contributed by atoms with E-state index in [2.05, 4.69) is 31.9 Å². The fourth-order valence-electron chi connectivity index (χ4n) is 1.75. The highest BCUT2D eigenvalue weighted by molar-refractivity contribution is 9.11. The van der Waals surface area contributed by atoms with Crippen LogP contribution in [0, 0.1) is 0 Å². The van der Waals surface area contributed by atoms with Crippen LogP contribution in [0.3, 0.4) is 0 Å². The first-order valence-corrected chi connectivity index (χ1v) is 7.40. The molecule has 1 nitrogen and oxygen atoms in total. The highest BCUT2D eigenvalue weighted by atomic mass is 79.9. The van der Waals surface area contributed by atoms with Gasteiger partial charge in [0.1, 0.15) is 0 Å². The molecule has 4 heteroatoms. The Morgan fingerprint density at radius 2 is 1.83 bits per heavy atom. The lowest BCUT2D eigenvalue weighted by atomic mass is 10.0. The maximum atomic E-state index is 10.3. The van der Waals surface area contributed by atoms with Gasteiger partial charge in [-0.3, -0.25) is 0 Å². The van der Waals surface area contributed by atoms with Gasteiger partial charge in [-0.25, -0.2) is 0 Å². The van der Waals surface area contributed by atoms with Crippen LogP contribution in [0.15, 0.2) is 51.4 Å². The summed E-state index contributed by atoms with van der Waals surface area (Å²) in [6, 6.07) is 13.3. The van der Waals surface area contributed by atoms with E-state index < -0.39 is 6.10 Å². The third-order valence-electron chi connectivity index (χ3n) is 2.69. The maximum Gasteiger partial charge on any atom is 0.0842 e. The second-order valence-electron chi connectivity index (χ2n) is 3.98. The maximum absolute atomic E-state index is 10.3. The van der Waals surface area contributed by atoms with Crippen LogP contribution >= 0.6 is 43.5 Å². The Morgan fingerprint density at radius 1 is 1.11 bits per heavy atom. The Bertz CT molecular complexity index is 557. The molecule has 1 unspecified atom stereocenters. The predicted octanol–water partition coefficient (Wildman–Crippen LogP) is 5.14. The number of aliphatic hydroxyl groups is 1. The molecule has 0 aliphatic heterocycles. The molecule has 0 saturated heterocycles. The van der Waals surface area contributed by atoms with Crippen LogP contribution in [0.4, 0.5) is 0 Å². The van der Waals surface area contributed by atoms with E-state index in [1.807, 2.05) is 42.5 Å². The minimum absolute atomic E-state index is 0.495. The minimum Gasteiger partial charge on any atom is -0.388 e. The summed E-state index contributed by atoms with van der Waals surface area (Å²) < 4.78 is 1.84. The van der Waals surface area contributed by atoms with Gasteiger partial charge in [0.25, 0.3) is 0 Å². The topological polar surface area (TPSA) is 20.2 Å². The molecule has 2 rings (SSSR count). The molecule has 0 fully saturated rings. The molecule has 0 aromatic heterocycles. The van der Waals surface area contributed by atoms with Crippen molar-refractivity contribution in [3.8, 4) is 0 Å². The Balaban J connectivity index is 2.25. The number of halogens is 3. The van der Waals surface area contributed by atoms with Crippen molar-refractivity contribution in [3.05, 3.63) is 67.6 Å². The molecule has 0 saturated carbocycles. The summed E-state index contributed by atoms with van der Waals surface area (Å²) in [5.74, 6) is 0. The summed E-state index contributed by atoms with van der Waals surface area (Å²) >= 11 is 13.0. The Morgan fingerprint density at radius 3 is 2.56 bits per heavy atom. The van der Waals surface area contributed by atoms with Crippen molar-refractivity contribution in [1.29, 1.82) is 0 Å². The van der Waals surface area contributed by atoms with Gasteiger partial charge in [-0.1, -0.05) is 61.7 Å². The molecule has 0 bridgehead atoms. The molecule has 18 heavy (non-hydrogen) atoms. The molecule has 0 spiro atoms. The van der Waals surface area contributed by atoms with Gasteiger partial charge in [0.05, 0.1) is 6.10 Å². The molecule has 0 aliphatic carbocycles. The normalized spacial score (nSPS) is 12.4. The van der Waals surface area contributed by atoms with Crippen LogP contribution in [0.25, 0.3) is 0 Å². The first-order valence-electron chi connectivity index (χ1n) is 5.44. The highest BCUT2D eigenvalue weighted by Gasteiger charge is 2.14. The second-order valence-corrected chi connectivity index (χ2v) is 6.15. The monoisotopic (exact) mass is 388 g/mol. The molecular formula is C14H11Br2ClO. The molecule has 0 heterocycles. The quantitative estimate of drug-likeness (QED) is 0.769. The van der Waals surface area contributed by atoms with E-state index in [4.69, 9.17) is 11.6 Å². The summed E-state index contributed by atoms with van der Waals surface area (Å²) in [6.45, 7) is 0. The van der Waals surface area contributed by atoms with Crippen molar-refractivity contribution < 1.29 is 5.11 Å². The SMILES string of the molecule is OC(Cc1ccccc1Cl)c1cc(Br)ccc1Br. The van der Waals surface area contributed by atoms with Crippen LogP contribution in [0.2, 0.25) is 5.02 Å². The van der Waals surface area contributed by atoms with Gasteiger partial charge >= 0.3 is 0 Å². The van der Waals surface area contributed by atoms with Gasteiger partial charge in [-0.15, -0.1) is 0 Å². The Kier molecular flexibility index (Phi) is 4.84. The fraction of sp³-hybridized carbons (Fsp3) is 0.143. The van der Waals surface area contributed by atoms with E-state index in [0.717, 1.165) is 20.1 Å². The molecule has 2 aromatic carbocycles. The summed E-state index contributed by atoms with van der Waals surface area (Å²) in [7, 11) is 0. The van der Waals surface area contributed by atoms with E-state index >= 15 is 0 Å². The summed E-state index contributed by atoms with van der Waals surface area (Å²) in [5.41, 5.74) is 1.79. The first-order chi connectivity index (χ1) is 8.58. The molecule has 0 amide bonds. The molecule has 0 radical (unpaired) electrons. The van der Waals surface area contributed by atoms with Gasteiger partial charge in [0, 0.05) is 20.4 Å². The van der Waals surface area contributed by atoms with E-state index in [9.17, 15) is 5.11 Å². The molecule has 1 atom stereocenters. The summed E-state index contributed by atoms with van der Waals surface area (Å²) in [4.78, 5) is 0. The second kappa shape index (κ2) is 6.20. The van der Waals surface area contributed by atoms with Crippen LogP contribution < -0.4 is 0 Å². The number of benzene rings is 2. The minimum atomic E-state index is -0.586. The van der Waals surface area contributed by atoms with Crippen molar-refractivity contribution in [1.82, 2.24) is 0 Å². The third-order valence-corrected chi connectivity index (χ3v) is 4.27. The fourth-order valence-corrected chi connectivity index (χ4v) is 2.85. The van der Waals surface area contributed by atoms with Crippen LogP contribution in [-0.2, 0) is 6.42 Å². The Hall–Kier alpha value is -0.350. The average Bonchev–Trinajstić information content (AvgIpc) is 2.35. The first kappa shape index (κ1) is 14.1. The van der Waals surface area contributed by atoms with Gasteiger partial charge in [0.15, 0.2) is 0 Å². The van der Waals surface area contributed by atoms with Gasteiger partial charge in [0.2, 0.25) is 0 Å². The van der Waals surface area contributed by atoms with Crippen molar-refractivity contribution in [2.45, 2.75) is 12.5 Å². The Labute approximate surface area is 128 Å². The van der Waals surface area contributed by atoms with Crippen molar-refractivity contribution in [3.63, 3.8) is 0 Å². The number of hydrogen-bond acceptors (Lipinski definition) is 1. The number of aliphatic hydroxyl groups excluding tert-OH is 1. The summed E-state index contributed by atoms with van der Waals surface area (Å²) in [6.07, 6.45) is -0.0916. The molecule has 0 aliphatic rings. The van der Waals surface area contributed by atoms with Crippen LogP contribution in [0.5, 0.6) is 0 Å². The lowest BCUT2D eigenvalue weighted by molar-refractivity contribution is 0.177. The zero-order chi connectivity index (χ0) is 13.1. The predicted molar refractivity (Wildman–Crippen MR) is 82.0 cm³/mol. The average molecular weight is 391 g/mol. The van der Waals surface area contributed by atoms with Crippen molar-refractivity contribution in [2.24, 2.45) is 0 Å². The molecular weight excluding hydrogens is 379 g/mol. The van der Waals surface area contributed by atoms with Crippen molar-refractivity contribution in [2.75, 3.05) is 0 Å². The van der Waals surface area contributed by atoms with Gasteiger partial charge in [-0.2, -0.15) is 0 Å². The van der Waals surface area contributed by atoms with Gasteiger partial charge < -0.3 is 5.11 Å². The van der Waals surface area contributed by atoms with E-state index in [-0.39, 0.29) is 0 Å². The van der Waals surface area contributed by atoms with E-state index in [1.54, 1.807) is 0 Å². The van der Waals surface area contributed by atoms with Crippen LogP contribution in [-0.4, -0.2) is 5.11 Å². The van der Waals surface area contributed by atoms with Crippen LogP contribution in [0.1, 0.15) is 17.2 Å². The van der Waals surface area contributed by atoms with E-state index in [1.165, 1.54) is 0 Å². The zero-order valence-corrected chi connectivity index (χ0v) is 13.3. The molecule has 94 valence electrons. The van der Waals surface area contributed by atoms with E-state index in [0.29, 0.717) is 11.4 Å². The standard InChI is InChI=1S/C14H11Br2ClO/c15-10-5-6-12(16)11(8-10)14(18)7-9-3-1-2-4-13(9)17/h1-6,8,14,18H,7H2. The zero-order valence-electron chi connectivity index (χ0n) is 9.41. The number of hydrogen-bond donors (Lipinski definition) is 1. The largest absolute Gasteiger partial charge is 0.388 e. The lowest BCUT2D eigenvalue weighted by Gasteiger charge is -2.14. The smallest absolute Gasteiger partial charge is 0.0842 e. The van der Waals surface area contributed by atoms with Crippen molar-refractivity contribution >= 4 is 43.5 Å². The van der Waals surface area contributed by atoms with Gasteiger partial charge in [-0.05, 0) is 35.4 Å². The third kappa shape index (κ3) is 3.35. The number of rotatable bonds is 3. The molecule has 2 aromatic rings. The lowest BCUT2D eigenvalue weighted by Crippen LogP contribution is -2.03.